The maximum Gasteiger partial charge on any atom is 0.248 e. The molecule has 2 aliphatic rings. The molecule has 0 bridgehead atoms. The van der Waals surface area contributed by atoms with Gasteiger partial charge in [-0.2, -0.15) is 0 Å². The molecule has 2 aromatic carbocycles. The van der Waals surface area contributed by atoms with Gasteiger partial charge in [0.15, 0.2) is 0 Å². The Morgan fingerprint density at radius 2 is 2.00 bits per heavy atom. The Kier molecular flexibility index (Phi) is 7.34. The fourth-order valence-electron chi connectivity index (χ4n) is 3.93. The SMILES string of the molecule is CN(C/C=C/C(=O)Nc1cc2c(Nc3ccc(F)c(Cl)c3)ncnc2cc1OCC1CC1)CC1CC1. The lowest BCUT2D eigenvalue weighted by Gasteiger charge is -2.15. The molecule has 0 aliphatic heterocycles. The van der Waals surface area contributed by atoms with E-state index in [0.717, 1.165) is 31.8 Å². The van der Waals surface area contributed by atoms with E-state index in [1.54, 1.807) is 18.2 Å². The number of benzene rings is 2. The van der Waals surface area contributed by atoms with Crippen LogP contribution in [0.3, 0.4) is 0 Å². The highest BCUT2D eigenvalue weighted by Gasteiger charge is 2.23. The number of aromatic nitrogens is 2. The van der Waals surface area contributed by atoms with Crippen LogP contribution in [0.5, 0.6) is 5.75 Å². The number of rotatable bonds is 11. The van der Waals surface area contributed by atoms with E-state index in [-0.39, 0.29) is 10.9 Å². The summed E-state index contributed by atoms with van der Waals surface area (Å²) in [6, 6.07) is 7.97. The summed E-state index contributed by atoms with van der Waals surface area (Å²) in [6.45, 7) is 2.38. The molecule has 3 aromatic rings. The van der Waals surface area contributed by atoms with Crippen molar-refractivity contribution in [2.75, 3.05) is 37.4 Å². The van der Waals surface area contributed by atoms with E-state index in [4.69, 9.17) is 16.3 Å². The van der Waals surface area contributed by atoms with Gasteiger partial charge in [-0.25, -0.2) is 14.4 Å². The highest BCUT2D eigenvalue weighted by molar-refractivity contribution is 6.31. The number of carbonyl (C=O) groups is 1. The summed E-state index contributed by atoms with van der Waals surface area (Å²) in [5.41, 5.74) is 1.78. The second-order valence-corrected chi connectivity index (χ2v) is 10.1. The van der Waals surface area contributed by atoms with Crippen molar-refractivity contribution in [2.24, 2.45) is 11.8 Å². The Hall–Kier alpha value is -3.23. The first-order valence-corrected chi connectivity index (χ1v) is 12.6. The third-order valence-corrected chi connectivity index (χ3v) is 6.59. The Morgan fingerprint density at radius 1 is 1.19 bits per heavy atom. The highest BCUT2D eigenvalue weighted by atomic mass is 35.5. The molecule has 0 spiro atoms. The third kappa shape index (κ3) is 6.50. The summed E-state index contributed by atoms with van der Waals surface area (Å²) in [5.74, 6) is 1.70. The monoisotopic (exact) mass is 509 g/mol. The number of likely N-dealkylation sites (N-methyl/N-ethyl adjacent to an activating group) is 1. The molecule has 7 nitrogen and oxygen atoms in total. The van der Waals surface area contributed by atoms with E-state index >= 15 is 0 Å². The van der Waals surface area contributed by atoms with Crippen molar-refractivity contribution in [1.29, 1.82) is 0 Å². The second kappa shape index (κ2) is 10.8. The zero-order chi connectivity index (χ0) is 25.1. The van der Waals surface area contributed by atoms with E-state index in [0.29, 0.717) is 46.4 Å². The lowest BCUT2D eigenvalue weighted by Crippen LogP contribution is -2.21. The molecule has 188 valence electrons. The Labute approximate surface area is 214 Å². The number of amides is 1. The molecule has 0 radical (unpaired) electrons. The lowest BCUT2D eigenvalue weighted by molar-refractivity contribution is -0.111. The molecule has 1 heterocycles. The van der Waals surface area contributed by atoms with Crippen LogP contribution in [0.2, 0.25) is 5.02 Å². The average molecular weight is 510 g/mol. The van der Waals surface area contributed by atoms with Gasteiger partial charge >= 0.3 is 0 Å². The Balaban J connectivity index is 1.37. The van der Waals surface area contributed by atoms with Crippen LogP contribution in [0.1, 0.15) is 25.7 Å². The van der Waals surface area contributed by atoms with E-state index in [1.807, 2.05) is 12.1 Å². The van der Waals surface area contributed by atoms with Crippen LogP contribution in [0.25, 0.3) is 10.9 Å². The summed E-state index contributed by atoms with van der Waals surface area (Å²) < 4.78 is 19.6. The summed E-state index contributed by atoms with van der Waals surface area (Å²) >= 11 is 5.93. The van der Waals surface area contributed by atoms with Gasteiger partial charge in [0.2, 0.25) is 5.91 Å². The number of fused-ring (bicyclic) bond motifs is 1. The molecule has 2 aliphatic carbocycles. The summed E-state index contributed by atoms with van der Waals surface area (Å²) in [4.78, 5) is 23.7. The first kappa shape index (κ1) is 24.5. The zero-order valence-electron chi connectivity index (χ0n) is 20.1. The van der Waals surface area contributed by atoms with Crippen molar-refractivity contribution in [3.05, 3.63) is 59.7 Å². The molecule has 9 heteroatoms. The van der Waals surface area contributed by atoms with Crippen LogP contribution in [0, 0.1) is 17.7 Å². The van der Waals surface area contributed by atoms with E-state index in [1.165, 1.54) is 31.3 Å². The van der Waals surface area contributed by atoms with Crippen LogP contribution in [0.4, 0.5) is 21.6 Å². The molecular formula is C27H29ClFN5O2. The number of hydrogen-bond acceptors (Lipinski definition) is 6. The lowest BCUT2D eigenvalue weighted by atomic mass is 10.1. The molecule has 0 unspecified atom stereocenters. The molecule has 2 N–H and O–H groups in total. The molecule has 5 rings (SSSR count). The minimum Gasteiger partial charge on any atom is -0.491 e. The topological polar surface area (TPSA) is 79.4 Å². The quantitative estimate of drug-likeness (QED) is 0.318. The molecular weight excluding hydrogens is 481 g/mol. The van der Waals surface area contributed by atoms with Gasteiger partial charge < -0.3 is 20.3 Å². The van der Waals surface area contributed by atoms with Crippen molar-refractivity contribution in [3.63, 3.8) is 0 Å². The number of hydrogen-bond donors (Lipinski definition) is 2. The van der Waals surface area contributed by atoms with Gasteiger partial charge in [-0.1, -0.05) is 17.7 Å². The Bertz CT molecular complexity index is 1290. The summed E-state index contributed by atoms with van der Waals surface area (Å²) in [6.07, 6.45) is 9.78. The Morgan fingerprint density at radius 3 is 2.75 bits per heavy atom. The molecule has 1 aromatic heterocycles. The minimum atomic E-state index is -0.496. The van der Waals surface area contributed by atoms with E-state index < -0.39 is 5.82 Å². The largest absolute Gasteiger partial charge is 0.491 e. The van der Waals surface area contributed by atoms with Crippen molar-refractivity contribution in [1.82, 2.24) is 14.9 Å². The van der Waals surface area contributed by atoms with Gasteiger partial charge in [-0.15, -0.1) is 0 Å². The van der Waals surface area contributed by atoms with Crippen molar-refractivity contribution in [3.8, 4) is 5.75 Å². The first-order valence-electron chi connectivity index (χ1n) is 12.2. The first-order chi connectivity index (χ1) is 17.4. The van der Waals surface area contributed by atoms with Crippen LogP contribution in [0.15, 0.2) is 48.8 Å². The minimum absolute atomic E-state index is 0.0108. The summed E-state index contributed by atoms with van der Waals surface area (Å²) in [5, 5.41) is 6.82. The zero-order valence-corrected chi connectivity index (χ0v) is 20.9. The van der Waals surface area contributed by atoms with E-state index in [2.05, 4.69) is 32.5 Å². The number of ether oxygens (including phenoxy) is 1. The second-order valence-electron chi connectivity index (χ2n) is 9.65. The van der Waals surface area contributed by atoms with Crippen LogP contribution in [-0.2, 0) is 4.79 Å². The van der Waals surface area contributed by atoms with Crippen LogP contribution < -0.4 is 15.4 Å². The van der Waals surface area contributed by atoms with Gasteiger partial charge in [0.1, 0.15) is 23.7 Å². The molecule has 2 fully saturated rings. The normalized spacial score (nSPS) is 15.6. The average Bonchev–Trinajstić information content (AvgIpc) is 3.77. The molecule has 1 amide bonds. The number of carbonyl (C=O) groups excluding carboxylic acids is 1. The fourth-order valence-corrected chi connectivity index (χ4v) is 4.11. The molecule has 0 atom stereocenters. The number of nitrogens with zero attached hydrogens (tertiary/aromatic N) is 3. The smallest absolute Gasteiger partial charge is 0.248 e. The van der Waals surface area contributed by atoms with Crippen molar-refractivity contribution in [2.45, 2.75) is 25.7 Å². The van der Waals surface area contributed by atoms with Gasteiger partial charge in [0.25, 0.3) is 0 Å². The van der Waals surface area contributed by atoms with Gasteiger partial charge in [0.05, 0.1) is 22.8 Å². The van der Waals surface area contributed by atoms with Gasteiger partial charge in [-0.3, -0.25) is 4.79 Å². The number of halogens is 2. The maximum atomic E-state index is 13.6. The standard InChI is InChI=1S/C27H29ClFN5O2/c1-34(14-17-4-5-17)10-2-3-26(35)33-24-12-20-23(13-25(24)36-15-18-6-7-18)30-16-31-27(20)32-19-8-9-22(29)21(28)11-19/h2-3,8-9,11-13,16-18H,4-7,10,14-15H2,1H3,(H,33,35)(H,30,31,32)/b3-2+. The van der Waals surface area contributed by atoms with Crippen LogP contribution >= 0.6 is 11.6 Å². The van der Waals surface area contributed by atoms with Crippen molar-refractivity contribution >= 4 is 45.6 Å². The fraction of sp³-hybridized carbons (Fsp3) is 0.370. The van der Waals surface area contributed by atoms with E-state index in [9.17, 15) is 9.18 Å². The predicted molar refractivity (Wildman–Crippen MR) is 140 cm³/mol. The predicted octanol–water partition coefficient (Wildman–Crippen LogP) is 5.79. The summed E-state index contributed by atoms with van der Waals surface area (Å²) in [7, 11) is 2.07. The number of anilines is 3. The van der Waals surface area contributed by atoms with Gasteiger partial charge in [0, 0.05) is 36.3 Å². The molecule has 2 saturated carbocycles. The molecule has 36 heavy (non-hydrogen) atoms. The number of nitrogens with one attached hydrogen (secondary N) is 2. The van der Waals surface area contributed by atoms with Crippen LogP contribution in [-0.4, -0.2) is 47.5 Å². The van der Waals surface area contributed by atoms with Gasteiger partial charge in [-0.05, 0) is 68.8 Å². The third-order valence-electron chi connectivity index (χ3n) is 6.30. The molecule has 0 saturated heterocycles. The highest BCUT2D eigenvalue weighted by Crippen LogP contribution is 2.36. The maximum absolute atomic E-state index is 13.6. The van der Waals surface area contributed by atoms with Crippen molar-refractivity contribution < 1.29 is 13.9 Å².